The number of rotatable bonds is 3. The number of phenolic OH excluding ortho intramolecular Hbond substituents is 4. The molecule has 0 saturated carbocycles. The summed E-state index contributed by atoms with van der Waals surface area (Å²) in [6.45, 7) is 0. The quantitative estimate of drug-likeness (QED) is 0.318. The minimum atomic E-state index is -0.587. The number of ether oxygens (including phenoxy) is 1. The highest BCUT2D eigenvalue weighted by atomic mass is 16.5. The summed E-state index contributed by atoms with van der Waals surface area (Å²) in [5.41, 5.74) is 1.61. The monoisotopic (exact) mass is 380 g/mol. The van der Waals surface area contributed by atoms with E-state index < -0.39 is 11.2 Å². The Hall–Kier alpha value is -3.87. The number of methoxy groups -OCH3 is 1. The molecule has 0 saturated heterocycles. The summed E-state index contributed by atoms with van der Waals surface area (Å²) in [6.07, 6.45) is 0.321. The van der Waals surface area contributed by atoms with E-state index in [-0.39, 0.29) is 28.6 Å². The third kappa shape index (κ3) is 2.83. The zero-order valence-electron chi connectivity index (χ0n) is 14.8. The first-order chi connectivity index (χ1) is 13.4. The first kappa shape index (κ1) is 17.5. The van der Waals surface area contributed by atoms with E-state index in [4.69, 9.17) is 9.15 Å². The van der Waals surface area contributed by atoms with Gasteiger partial charge >= 0.3 is 0 Å². The molecule has 7 heteroatoms. The zero-order valence-corrected chi connectivity index (χ0v) is 14.8. The Balaban J connectivity index is 2.02. The van der Waals surface area contributed by atoms with Gasteiger partial charge < -0.3 is 29.6 Å². The molecule has 0 aromatic heterocycles. The van der Waals surface area contributed by atoms with E-state index >= 15 is 0 Å². The van der Waals surface area contributed by atoms with Crippen LogP contribution >= 0.6 is 0 Å². The second-order valence-electron chi connectivity index (χ2n) is 6.42. The zero-order chi connectivity index (χ0) is 20.0. The van der Waals surface area contributed by atoms with Gasteiger partial charge in [0.1, 0.15) is 11.3 Å². The van der Waals surface area contributed by atoms with Gasteiger partial charge in [0.25, 0.3) is 0 Å². The lowest BCUT2D eigenvalue weighted by atomic mass is 9.93. The van der Waals surface area contributed by atoms with Crippen LogP contribution in [0.5, 0.6) is 28.7 Å². The average Bonchev–Trinajstić information content (AvgIpc) is 2.66. The third-order valence-corrected chi connectivity index (χ3v) is 4.63. The minimum absolute atomic E-state index is 0.000218. The molecule has 0 radical (unpaired) electrons. The lowest BCUT2D eigenvalue weighted by Gasteiger charge is -2.16. The number of benzene rings is 3. The van der Waals surface area contributed by atoms with Crippen LogP contribution in [0.3, 0.4) is 0 Å². The highest BCUT2D eigenvalue weighted by molar-refractivity contribution is 5.91. The number of aromatic hydroxyl groups is 4. The molecule has 0 unspecified atom stereocenters. The number of hydrogen-bond donors (Lipinski definition) is 4. The van der Waals surface area contributed by atoms with Crippen molar-refractivity contribution in [1.82, 2.24) is 0 Å². The number of fused-ring (bicyclic) bond motifs is 2. The molecule has 0 amide bonds. The summed E-state index contributed by atoms with van der Waals surface area (Å²) >= 11 is 0. The van der Waals surface area contributed by atoms with Crippen LogP contribution in [0, 0.1) is 0 Å². The first-order valence-electron chi connectivity index (χ1n) is 8.37. The Morgan fingerprint density at radius 2 is 1.64 bits per heavy atom. The van der Waals surface area contributed by atoms with Gasteiger partial charge in [0.15, 0.2) is 28.7 Å². The van der Waals surface area contributed by atoms with Crippen LogP contribution in [0.4, 0.5) is 0 Å². The smallest absolute Gasteiger partial charge is 0.223 e. The van der Waals surface area contributed by atoms with Gasteiger partial charge in [-0.2, -0.15) is 0 Å². The van der Waals surface area contributed by atoms with Gasteiger partial charge in [0.05, 0.1) is 7.11 Å². The van der Waals surface area contributed by atoms with Gasteiger partial charge in [0.2, 0.25) is 5.43 Å². The maximum atomic E-state index is 11.8. The molecule has 0 fully saturated rings. The van der Waals surface area contributed by atoms with E-state index in [0.29, 0.717) is 28.7 Å². The fraction of sp³-hybridized carbons (Fsp3) is 0.0952. The molecule has 142 valence electrons. The Bertz CT molecular complexity index is 1240. The Kier molecular flexibility index (Phi) is 4.00. The van der Waals surface area contributed by atoms with Crippen molar-refractivity contribution >= 4 is 11.0 Å². The molecular weight excluding hydrogens is 364 g/mol. The van der Waals surface area contributed by atoms with Crippen LogP contribution in [0.15, 0.2) is 51.7 Å². The largest absolute Gasteiger partial charge is 0.504 e. The highest BCUT2D eigenvalue weighted by Gasteiger charge is 2.20. The third-order valence-electron chi connectivity index (χ3n) is 4.63. The van der Waals surface area contributed by atoms with Crippen molar-refractivity contribution in [2.45, 2.75) is 6.42 Å². The molecule has 7 nitrogen and oxygen atoms in total. The van der Waals surface area contributed by atoms with Crippen molar-refractivity contribution < 1.29 is 29.6 Å². The maximum absolute atomic E-state index is 11.8. The van der Waals surface area contributed by atoms with Gasteiger partial charge in [-0.15, -0.1) is 0 Å². The first-order valence-corrected chi connectivity index (χ1v) is 8.37. The average molecular weight is 380 g/mol. The minimum Gasteiger partial charge on any atom is -0.504 e. The van der Waals surface area contributed by atoms with Gasteiger partial charge in [-0.25, -0.2) is 0 Å². The van der Waals surface area contributed by atoms with Gasteiger partial charge in [-0.1, -0.05) is 6.07 Å². The highest BCUT2D eigenvalue weighted by Crippen LogP contribution is 2.40. The van der Waals surface area contributed by atoms with Gasteiger partial charge in [-0.3, -0.25) is 4.79 Å². The molecule has 0 spiro atoms. The summed E-state index contributed by atoms with van der Waals surface area (Å²) in [6, 6.07) is 10.0. The Morgan fingerprint density at radius 1 is 0.893 bits per heavy atom. The molecule has 2 aliphatic rings. The van der Waals surface area contributed by atoms with Crippen LogP contribution < -0.4 is 10.2 Å². The van der Waals surface area contributed by atoms with E-state index in [1.807, 2.05) is 0 Å². The van der Waals surface area contributed by atoms with E-state index in [1.54, 1.807) is 12.1 Å². The molecular formula is C21H16O7. The van der Waals surface area contributed by atoms with E-state index in [9.17, 15) is 25.2 Å². The topological polar surface area (TPSA) is 120 Å². The van der Waals surface area contributed by atoms with Gasteiger partial charge in [-0.05, 0) is 41.8 Å². The predicted molar refractivity (Wildman–Crippen MR) is 102 cm³/mol. The van der Waals surface area contributed by atoms with Crippen LogP contribution in [0.2, 0.25) is 0 Å². The molecule has 0 bridgehead atoms. The summed E-state index contributed by atoms with van der Waals surface area (Å²) < 4.78 is 10.9. The van der Waals surface area contributed by atoms with Gasteiger partial charge in [0, 0.05) is 23.1 Å². The fourth-order valence-electron chi connectivity index (χ4n) is 3.24. The predicted octanol–water partition coefficient (Wildman–Crippen LogP) is 3.32. The standard InChI is InChI=1S/C21H16O7/c1-27-21-5-10(2-3-14(21)22)4-11-12-6-15(23)17(25)8-19(12)28-20-9-18(26)16(24)7-13(11)20/h2-3,5-9,22-25H,4H2,1H3. The lowest BCUT2D eigenvalue weighted by molar-refractivity contribution is 0.373. The van der Waals surface area contributed by atoms with Crippen molar-refractivity contribution in [1.29, 1.82) is 0 Å². The molecule has 2 aromatic rings. The van der Waals surface area contributed by atoms with E-state index in [1.165, 1.54) is 37.4 Å². The second-order valence-corrected chi connectivity index (χ2v) is 6.42. The molecule has 2 aromatic carbocycles. The van der Waals surface area contributed by atoms with Crippen molar-refractivity contribution in [3.63, 3.8) is 0 Å². The maximum Gasteiger partial charge on any atom is 0.223 e. The number of hydrogen-bond acceptors (Lipinski definition) is 7. The molecule has 0 atom stereocenters. The van der Waals surface area contributed by atoms with E-state index in [2.05, 4.69) is 0 Å². The number of phenols is 4. The Morgan fingerprint density at radius 3 is 2.39 bits per heavy atom. The SMILES string of the molecule is COc1cc(Cc2c3cc(O)c(=O)cc-3oc3cc(O)c(O)cc23)ccc1O. The van der Waals surface area contributed by atoms with E-state index in [0.717, 1.165) is 5.56 Å². The summed E-state index contributed by atoms with van der Waals surface area (Å²) in [4.78, 5) is 11.8. The fourth-order valence-corrected chi connectivity index (χ4v) is 3.24. The van der Waals surface area contributed by atoms with Crippen LogP contribution in [0.1, 0.15) is 11.1 Å². The van der Waals surface area contributed by atoms with Crippen molar-refractivity contribution in [3.8, 4) is 40.1 Å². The van der Waals surface area contributed by atoms with Crippen LogP contribution in [-0.4, -0.2) is 27.5 Å². The lowest BCUT2D eigenvalue weighted by Crippen LogP contribution is -2.03. The second kappa shape index (κ2) is 6.38. The summed E-state index contributed by atoms with van der Waals surface area (Å²) in [5.74, 6) is -0.557. The molecule has 28 heavy (non-hydrogen) atoms. The normalized spacial score (nSPS) is 11.2. The molecule has 1 aliphatic heterocycles. The Labute approximate surface area is 158 Å². The summed E-state index contributed by atoms with van der Waals surface area (Å²) in [7, 11) is 1.44. The van der Waals surface area contributed by atoms with Crippen molar-refractivity contribution in [3.05, 3.63) is 63.8 Å². The van der Waals surface area contributed by atoms with Crippen molar-refractivity contribution in [2.24, 2.45) is 0 Å². The van der Waals surface area contributed by atoms with Crippen LogP contribution in [-0.2, 0) is 6.42 Å². The summed E-state index contributed by atoms with van der Waals surface area (Å²) in [5, 5.41) is 40.0. The molecule has 4 N–H and O–H groups in total. The molecule has 1 heterocycles. The van der Waals surface area contributed by atoms with Crippen molar-refractivity contribution in [2.75, 3.05) is 7.11 Å². The molecule has 4 rings (SSSR count). The van der Waals surface area contributed by atoms with Crippen LogP contribution in [0.25, 0.3) is 22.3 Å². The molecule has 1 aliphatic carbocycles.